The Bertz CT molecular complexity index is 740. The Kier molecular flexibility index (Phi) is 4.36. The molecule has 2 rings (SSSR count). The molecular weight excluding hydrogens is 364 g/mol. The molecule has 0 spiro atoms. The minimum atomic E-state index is -3.78. The third kappa shape index (κ3) is 3.13. The van der Waals surface area contributed by atoms with Crippen LogP contribution in [0.5, 0.6) is 0 Å². The van der Waals surface area contributed by atoms with Crippen LogP contribution < -0.4 is 4.72 Å². The van der Waals surface area contributed by atoms with Crippen molar-refractivity contribution in [2.75, 3.05) is 4.72 Å². The number of nitrogens with zero attached hydrogens (tertiary/aromatic N) is 1. The van der Waals surface area contributed by atoms with Crippen LogP contribution in [0.15, 0.2) is 39.8 Å². The normalized spacial score (nSPS) is 11.4. The summed E-state index contributed by atoms with van der Waals surface area (Å²) in [6.07, 6.45) is 1.44. The molecule has 0 saturated heterocycles. The number of hydrogen-bond acceptors (Lipinski definition) is 3. The molecule has 0 aliphatic rings. The molecule has 0 bridgehead atoms. The van der Waals surface area contributed by atoms with E-state index in [1.807, 2.05) is 26.0 Å². The smallest absolute Gasteiger partial charge is 0.265 e. The minimum Gasteiger partial charge on any atom is -0.278 e. The summed E-state index contributed by atoms with van der Waals surface area (Å²) in [5, 5.41) is -0.0547. The predicted molar refractivity (Wildman–Crippen MR) is 83.7 cm³/mol. The van der Waals surface area contributed by atoms with Gasteiger partial charge in [-0.25, -0.2) is 13.4 Å². The lowest BCUT2D eigenvalue weighted by Crippen LogP contribution is -2.15. The van der Waals surface area contributed by atoms with Gasteiger partial charge in [0.25, 0.3) is 10.0 Å². The molecule has 0 fully saturated rings. The summed E-state index contributed by atoms with van der Waals surface area (Å²) in [5.41, 5.74) is 2.35. The lowest BCUT2D eigenvalue weighted by Gasteiger charge is -2.13. The van der Waals surface area contributed by atoms with Gasteiger partial charge in [-0.2, -0.15) is 0 Å². The maximum absolute atomic E-state index is 12.4. The molecule has 0 amide bonds. The lowest BCUT2D eigenvalue weighted by molar-refractivity contribution is 0.601. The molecule has 2 aromatic rings. The van der Waals surface area contributed by atoms with E-state index in [0.29, 0.717) is 10.2 Å². The van der Waals surface area contributed by atoms with Gasteiger partial charge in [0.2, 0.25) is 0 Å². The van der Waals surface area contributed by atoms with Gasteiger partial charge in [-0.15, -0.1) is 0 Å². The highest BCUT2D eigenvalue weighted by Gasteiger charge is 2.20. The molecule has 0 radical (unpaired) electrons. The van der Waals surface area contributed by atoms with Gasteiger partial charge in [-0.05, 0) is 59.1 Å². The molecule has 1 heterocycles. The Hall–Kier alpha value is -1.11. The standard InChI is InChI=1S/C13H12BrClN2O2S/c1-8-6-9(2)12(10(14)7-8)17-20(18,19)11-4-3-5-16-13(11)15/h3-7,17H,1-2H3. The van der Waals surface area contributed by atoms with Crippen LogP contribution in [0.2, 0.25) is 5.15 Å². The van der Waals surface area contributed by atoms with E-state index in [9.17, 15) is 8.42 Å². The number of pyridine rings is 1. The molecule has 106 valence electrons. The van der Waals surface area contributed by atoms with Gasteiger partial charge >= 0.3 is 0 Å². The van der Waals surface area contributed by atoms with E-state index in [1.54, 1.807) is 0 Å². The number of halogens is 2. The van der Waals surface area contributed by atoms with Crippen molar-refractivity contribution >= 4 is 43.2 Å². The molecular formula is C13H12BrClN2O2S. The summed E-state index contributed by atoms with van der Waals surface area (Å²) in [6.45, 7) is 3.77. The molecule has 0 unspecified atom stereocenters. The van der Waals surface area contributed by atoms with Crippen molar-refractivity contribution < 1.29 is 8.42 Å². The predicted octanol–water partition coefficient (Wildman–Crippen LogP) is 3.92. The molecule has 0 atom stereocenters. The summed E-state index contributed by atoms with van der Waals surface area (Å²) in [6, 6.07) is 6.68. The number of nitrogens with one attached hydrogen (secondary N) is 1. The average molecular weight is 376 g/mol. The monoisotopic (exact) mass is 374 g/mol. The van der Waals surface area contributed by atoms with Gasteiger partial charge in [0, 0.05) is 10.7 Å². The fourth-order valence-electron chi connectivity index (χ4n) is 1.81. The van der Waals surface area contributed by atoms with E-state index in [-0.39, 0.29) is 10.0 Å². The van der Waals surface area contributed by atoms with Crippen molar-refractivity contribution in [1.82, 2.24) is 4.98 Å². The zero-order chi connectivity index (χ0) is 14.9. The van der Waals surface area contributed by atoms with Gasteiger partial charge in [0.15, 0.2) is 0 Å². The average Bonchev–Trinajstić information content (AvgIpc) is 2.34. The van der Waals surface area contributed by atoms with Crippen LogP contribution in [0, 0.1) is 13.8 Å². The van der Waals surface area contributed by atoms with Gasteiger partial charge in [-0.3, -0.25) is 4.72 Å². The number of benzene rings is 1. The molecule has 1 aromatic carbocycles. The molecule has 0 aliphatic carbocycles. The summed E-state index contributed by atoms with van der Waals surface area (Å²) in [7, 11) is -3.78. The highest BCUT2D eigenvalue weighted by Crippen LogP contribution is 2.30. The molecule has 1 N–H and O–H groups in total. The number of aryl methyl sites for hydroxylation is 2. The van der Waals surface area contributed by atoms with E-state index in [2.05, 4.69) is 25.6 Å². The van der Waals surface area contributed by atoms with Crippen LogP contribution >= 0.6 is 27.5 Å². The zero-order valence-corrected chi connectivity index (χ0v) is 14.0. The van der Waals surface area contributed by atoms with E-state index in [4.69, 9.17) is 11.6 Å². The van der Waals surface area contributed by atoms with E-state index >= 15 is 0 Å². The van der Waals surface area contributed by atoms with Gasteiger partial charge in [0.1, 0.15) is 10.0 Å². The fraction of sp³-hybridized carbons (Fsp3) is 0.154. The fourth-order valence-corrected chi connectivity index (χ4v) is 4.32. The number of aromatic nitrogens is 1. The second-order valence-corrected chi connectivity index (χ2v) is 7.20. The van der Waals surface area contributed by atoms with Crippen LogP contribution in [0.3, 0.4) is 0 Å². The molecule has 4 nitrogen and oxygen atoms in total. The Labute approximate surface area is 131 Å². The molecule has 0 aliphatic heterocycles. The van der Waals surface area contributed by atoms with E-state index in [1.165, 1.54) is 18.3 Å². The first-order valence-electron chi connectivity index (χ1n) is 5.71. The first-order chi connectivity index (χ1) is 9.31. The van der Waals surface area contributed by atoms with Crippen LogP contribution in [-0.4, -0.2) is 13.4 Å². The van der Waals surface area contributed by atoms with Crippen LogP contribution in [0.25, 0.3) is 0 Å². The lowest BCUT2D eigenvalue weighted by atomic mass is 10.1. The van der Waals surface area contributed by atoms with E-state index < -0.39 is 10.0 Å². The molecule has 1 aromatic heterocycles. The topological polar surface area (TPSA) is 59.1 Å². The quantitative estimate of drug-likeness (QED) is 0.827. The van der Waals surface area contributed by atoms with E-state index in [0.717, 1.165) is 11.1 Å². The largest absolute Gasteiger partial charge is 0.278 e. The maximum Gasteiger partial charge on any atom is 0.265 e. The highest BCUT2D eigenvalue weighted by molar-refractivity contribution is 9.10. The summed E-state index contributed by atoms with van der Waals surface area (Å²) >= 11 is 9.20. The number of sulfonamides is 1. The number of rotatable bonds is 3. The van der Waals surface area contributed by atoms with Crippen molar-refractivity contribution in [3.8, 4) is 0 Å². The highest BCUT2D eigenvalue weighted by atomic mass is 79.9. The summed E-state index contributed by atoms with van der Waals surface area (Å²) in [4.78, 5) is 3.73. The van der Waals surface area contributed by atoms with Crippen LogP contribution in [0.4, 0.5) is 5.69 Å². The molecule has 0 saturated carbocycles. The summed E-state index contributed by atoms with van der Waals surface area (Å²) in [5.74, 6) is 0. The van der Waals surface area contributed by atoms with Crippen molar-refractivity contribution in [3.05, 3.63) is 51.2 Å². The van der Waals surface area contributed by atoms with Gasteiger partial charge < -0.3 is 0 Å². The van der Waals surface area contributed by atoms with Crippen molar-refractivity contribution in [1.29, 1.82) is 0 Å². The zero-order valence-electron chi connectivity index (χ0n) is 10.8. The Balaban J connectivity index is 2.47. The SMILES string of the molecule is Cc1cc(C)c(NS(=O)(=O)c2cccnc2Cl)c(Br)c1. The second kappa shape index (κ2) is 5.71. The minimum absolute atomic E-state index is 0.0476. The van der Waals surface area contributed by atoms with Crippen molar-refractivity contribution in [2.24, 2.45) is 0 Å². The third-order valence-corrected chi connectivity index (χ3v) is 5.10. The first kappa shape index (κ1) is 15.3. The number of anilines is 1. The van der Waals surface area contributed by atoms with Crippen LogP contribution in [0.1, 0.15) is 11.1 Å². The Morgan fingerprint density at radius 3 is 2.60 bits per heavy atom. The summed E-state index contributed by atoms with van der Waals surface area (Å²) < 4.78 is 27.9. The van der Waals surface area contributed by atoms with Gasteiger partial charge in [-0.1, -0.05) is 17.7 Å². The van der Waals surface area contributed by atoms with Crippen molar-refractivity contribution in [2.45, 2.75) is 18.7 Å². The first-order valence-corrected chi connectivity index (χ1v) is 8.37. The molecule has 20 heavy (non-hydrogen) atoms. The Morgan fingerprint density at radius 1 is 1.30 bits per heavy atom. The van der Waals surface area contributed by atoms with Crippen molar-refractivity contribution in [3.63, 3.8) is 0 Å². The second-order valence-electron chi connectivity index (χ2n) is 4.34. The Morgan fingerprint density at radius 2 is 2.00 bits per heavy atom. The molecule has 7 heteroatoms. The third-order valence-electron chi connectivity index (χ3n) is 2.68. The van der Waals surface area contributed by atoms with Crippen LogP contribution in [-0.2, 0) is 10.0 Å². The number of hydrogen-bond donors (Lipinski definition) is 1. The maximum atomic E-state index is 12.4. The van der Waals surface area contributed by atoms with Gasteiger partial charge in [0.05, 0.1) is 5.69 Å².